The lowest BCUT2D eigenvalue weighted by molar-refractivity contribution is 0.133. The highest BCUT2D eigenvalue weighted by Gasteiger charge is 2.20. The lowest BCUT2D eigenvalue weighted by Crippen LogP contribution is -2.37. The molecule has 1 heterocycles. The van der Waals surface area contributed by atoms with Crippen molar-refractivity contribution in [2.75, 3.05) is 0 Å². The average Bonchev–Trinajstić information content (AvgIpc) is 2.38. The number of pyridine rings is 1. The Labute approximate surface area is 117 Å². The molecule has 0 spiro atoms. The molecule has 0 fully saturated rings. The number of aromatic amines is 1. The molecule has 0 aliphatic carbocycles. The van der Waals surface area contributed by atoms with E-state index in [9.17, 15) is 15.0 Å². The van der Waals surface area contributed by atoms with Crippen LogP contribution in [0.4, 0.5) is 0 Å². The number of aromatic hydroxyl groups is 1. The van der Waals surface area contributed by atoms with Crippen molar-refractivity contribution in [3.05, 3.63) is 40.2 Å². The Morgan fingerprint density at radius 1 is 1.15 bits per heavy atom. The van der Waals surface area contributed by atoms with Gasteiger partial charge in [0.25, 0.3) is 0 Å². The Balaban J connectivity index is 2.49. The monoisotopic (exact) mass is 276 g/mol. The Morgan fingerprint density at radius 2 is 1.85 bits per heavy atom. The van der Waals surface area contributed by atoms with Gasteiger partial charge in [-0.3, -0.25) is 4.79 Å². The fraction of sp³-hybridized carbons (Fsp3) is 0.400. The van der Waals surface area contributed by atoms with Gasteiger partial charge in [0, 0.05) is 23.5 Å². The van der Waals surface area contributed by atoms with Crippen molar-refractivity contribution in [2.45, 2.75) is 39.0 Å². The molecule has 0 saturated carbocycles. The molecule has 0 saturated heterocycles. The van der Waals surface area contributed by atoms with E-state index in [2.05, 4.69) is 10.3 Å². The Morgan fingerprint density at radius 3 is 2.50 bits per heavy atom. The molecule has 0 aliphatic heterocycles. The number of aliphatic hydroxyl groups excluding tert-OH is 1. The van der Waals surface area contributed by atoms with E-state index in [0.29, 0.717) is 16.5 Å². The zero-order valence-corrected chi connectivity index (χ0v) is 11.8. The molecule has 5 heteroatoms. The quantitative estimate of drug-likeness (QED) is 0.684. The SMILES string of the molecule is CC(C)N[C@@H](C)[C@H](O)c1ccc(O)c2[nH]c(=O)ccc12. The number of nitrogens with one attached hydrogen (secondary N) is 2. The minimum atomic E-state index is -0.730. The highest BCUT2D eigenvalue weighted by atomic mass is 16.3. The predicted molar refractivity (Wildman–Crippen MR) is 78.9 cm³/mol. The second-order valence-electron chi connectivity index (χ2n) is 5.34. The fourth-order valence-corrected chi connectivity index (χ4v) is 2.40. The van der Waals surface area contributed by atoms with E-state index < -0.39 is 6.10 Å². The van der Waals surface area contributed by atoms with Crippen LogP contribution in [-0.4, -0.2) is 27.3 Å². The maximum Gasteiger partial charge on any atom is 0.248 e. The van der Waals surface area contributed by atoms with E-state index in [-0.39, 0.29) is 23.4 Å². The molecule has 0 unspecified atom stereocenters. The third-order valence-electron chi connectivity index (χ3n) is 3.30. The van der Waals surface area contributed by atoms with Crippen LogP contribution in [0.15, 0.2) is 29.1 Å². The van der Waals surface area contributed by atoms with Crippen molar-refractivity contribution in [1.82, 2.24) is 10.3 Å². The Hall–Kier alpha value is -1.85. The van der Waals surface area contributed by atoms with Crippen molar-refractivity contribution in [2.24, 2.45) is 0 Å². The van der Waals surface area contributed by atoms with Gasteiger partial charge in [-0.15, -0.1) is 0 Å². The number of aliphatic hydroxyl groups is 1. The van der Waals surface area contributed by atoms with Crippen LogP contribution < -0.4 is 10.9 Å². The largest absolute Gasteiger partial charge is 0.506 e. The van der Waals surface area contributed by atoms with Crippen LogP contribution in [0.25, 0.3) is 10.9 Å². The third kappa shape index (κ3) is 2.84. The normalized spacial score (nSPS) is 14.7. The van der Waals surface area contributed by atoms with Gasteiger partial charge in [-0.05, 0) is 24.6 Å². The number of phenols is 1. The smallest absolute Gasteiger partial charge is 0.248 e. The first-order chi connectivity index (χ1) is 9.40. The predicted octanol–water partition coefficient (Wildman–Crippen LogP) is 1.65. The molecule has 4 N–H and O–H groups in total. The van der Waals surface area contributed by atoms with Gasteiger partial charge in [-0.2, -0.15) is 0 Å². The van der Waals surface area contributed by atoms with Crippen LogP contribution in [0.3, 0.4) is 0 Å². The van der Waals surface area contributed by atoms with E-state index in [1.165, 1.54) is 12.1 Å². The zero-order valence-electron chi connectivity index (χ0n) is 11.8. The molecule has 2 rings (SSSR count). The van der Waals surface area contributed by atoms with E-state index in [1.54, 1.807) is 12.1 Å². The molecule has 0 amide bonds. The van der Waals surface area contributed by atoms with Crippen LogP contribution >= 0.6 is 0 Å². The highest BCUT2D eigenvalue weighted by molar-refractivity contribution is 5.87. The van der Waals surface area contributed by atoms with Crippen LogP contribution in [0.5, 0.6) is 5.75 Å². The molecule has 20 heavy (non-hydrogen) atoms. The van der Waals surface area contributed by atoms with Crippen LogP contribution in [0, 0.1) is 0 Å². The molecular formula is C15H20N2O3. The molecule has 0 aliphatic rings. The third-order valence-corrected chi connectivity index (χ3v) is 3.30. The zero-order chi connectivity index (χ0) is 14.9. The van der Waals surface area contributed by atoms with E-state index >= 15 is 0 Å². The summed E-state index contributed by atoms with van der Waals surface area (Å²) in [5.74, 6) is -0.00174. The molecule has 0 bridgehead atoms. The van der Waals surface area contributed by atoms with E-state index in [1.807, 2.05) is 20.8 Å². The van der Waals surface area contributed by atoms with Gasteiger partial charge in [0.05, 0.1) is 11.6 Å². The van der Waals surface area contributed by atoms with Gasteiger partial charge in [-0.25, -0.2) is 0 Å². The maximum atomic E-state index is 11.4. The molecule has 5 nitrogen and oxygen atoms in total. The first kappa shape index (κ1) is 14.6. The van der Waals surface area contributed by atoms with Gasteiger partial charge in [0.1, 0.15) is 5.75 Å². The Bertz CT molecular complexity index is 664. The summed E-state index contributed by atoms with van der Waals surface area (Å²) >= 11 is 0. The fourth-order valence-electron chi connectivity index (χ4n) is 2.40. The molecule has 0 radical (unpaired) electrons. The van der Waals surface area contributed by atoms with Crippen molar-refractivity contribution in [3.8, 4) is 5.75 Å². The van der Waals surface area contributed by atoms with Crippen LogP contribution in [-0.2, 0) is 0 Å². The van der Waals surface area contributed by atoms with Gasteiger partial charge >= 0.3 is 0 Å². The van der Waals surface area contributed by atoms with E-state index in [4.69, 9.17) is 0 Å². The number of hydrogen-bond acceptors (Lipinski definition) is 4. The van der Waals surface area contributed by atoms with Crippen molar-refractivity contribution in [1.29, 1.82) is 0 Å². The number of rotatable bonds is 4. The second kappa shape index (κ2) is 5.64. The van der Waals surface area contributed by atoms with Gasteiger partial charge < -0.3 is 20.5 Å². The summed E-state index contributed by atoms with van der Waals surface area (Å²) in [6.45, 7) is 5.92. The second-order valence-corrected chi connectivity index (χ2v) is 5.34. The summed E-state index contributed by atoms with van der Waals surface area (Å²) in [5.41, 5.74) is 0.744. The summed E-state index contributed by atoms with van der Waals surface area (Å²) < 4.78 is 0. The van der Waals surface area contributed by atoms with Crippen LogP contribution in [0.1, 0.15) is 32.4 Å². The van der Waals surface area contributed by atoms with Crippen molar-refractivity contribution < 1.29 is 10.2 Å². The number of aromatic nitrogens is 1. The minimum Gasteiger partial charge on any atom is -0.506 e. The minimum absolute atomic E-state index is 0.00174. The van der Waals surface area contributed by atoms with Crippen molar-refractivity contribution >= 4 is 10.9 Å². The summed E-state index contributed by atoms with van der Waals surface area (Å²) in [6, 6.07) is 6.28. The lowest BCUT2D eigenvalue weighted by Gasteiger charge is -2.24. The number of benzene rings is 1. The summed E-state index contributed by atoms with van der Waals surface area (Å²) in [7, 11) is 0. The number of fused-ring (bicyclic) bond motifs is 1. The van der Waals surface area contributed by atoms with Crippen LogP contribution in [0.2, 0.25) is 0 Å². The maximum absolute atomic E-state index is 11.4. The molecule has 2 aromatic rings. The van der Waals surface area contributed by atoms with Gasteiger partial charge in [-0.1, -0.05) is 19.9 Å². The first-order valence-electron chi connectivity index (χ1n) is 6.69. The highest BCUT2D eigenvalue weighted by Crippen LogP contribution is 2.30. The van der Waals surface area contributed by atoms with E-state index in [0.717, 1.165) is 0 Å². The molecule has 2 atom stereocenters. The Kier molecular flexibility index (Phi) is 4.11. The van der Waals surface area contributed by atoms with Crippen molar-refractivity contribution in [3.63, 3.8) is 0 Å². The summed E-state index contributed by atoms with van der Waals surface area (Å²) in [6.07, 6.45) is -0.730. The number of H-pyrrole nitrogens is 1. The number of hydrogen-bond donors (Lipinski definition) is 4. The first-order valence-corrected chi connectivity index (χ1v) is 6.69. The standard InChI is InChI=1S/C15H20N2O3/c1-8(2)16-9(3)15(20)11-4-6-12(18)14-10(11)5-7-13(19)17-14/h4-9,15-16,18,20H,1-3H3,(H,17,19)/t9-,15-/m0/s1. The van der Waals surface area contributed by atoms with Gasteiger partial charge in [0.15, 0.2) is 0 Å². The molecule has 1 aromatic heterocycles. The molecule has 1 aromatic carbocycles. The number of phenolic OH excluding ortho intramolecular Hbond substituents is 1. The topological polar surface area (TPSA) is 85.3 Å². The van der Waals surface area contributed by atoms with Gasteiger partial charge in [0.2, 0.25) is 5.56 Å². The lowest BCUT2D eigenvalue weighted by atomic mass is 9.98. The average molecular weight is 276 g/mol. The summed E-state index contributed by atoms with van der Waals surface area (Å²) in [5, 5.41) is 24.2. The molecule has 108 valence electrons. The summed E-state index contributed by atoms with van der Waals surface area (Å²) in [4.78, 5) is 14.0. The molecular weight excluding hydrogens is 256 g/mol.